The van der Waals surface area contributed by atoms with Gasteiger partial charge in [-0.1, -0.05) is 45.5 Å². The van der Waals surface area contributed by atoms with Crippen molar-refractivity contribution in [1.29, 1.82) is 0 Å². The number of fused-ring (bicyclic) bond motifs is 2. The molecule has 8 nitrogen and oxygen atoms in total. The summed E-state index contributed by atoms with van der Waals surface area (Å²) in [6.45, 7) is 8.97. The van der Waals surface area contributed by atoms with Crippen LogP contribution in [0.25, 0.3) is 17.0 Å². The van der Waals surface area contributed by atoms with Crippen LogP contribution in [0.3, 0.4) is 0 Å². The van der Waals surface area contributed by atoms with Gasteiger partial charge in [0.1, 0.15) is 0 Å². The molecule has 0 N–H and O–H groups in total. The fraction of sp³-hybridized carbons (Fsp3) is 0.300. The van der Waals surface area contributed by atoms with Crippen LogP contribution in [0.2, 0.25) is 0 Å². The van der Waals surface area contributed by atoms with Crippen molar-refractivity contribution >= 4 is 50.2 Å². The lowest BCUT2D eigenvalue weighted by Gasteiger charge is -2.26. The lowest BCUT2D eigenvalue weighted by molar-refractivity contribution is -0.139. The van der Waals surface area contributed by atoms with Gasteiger partial charge >= 0.3 is 5.97 Å². The average molecular weight is 625 g/mol. The summed E-state index contributed by atoms with van der Waals surface area (Å²) in [4.78, 5) is 32.6. The minimum Gasteiger partial charge on any atom is -0.493 e. The number of aryl methyl sites for hydroxylation is 1. The van der Waals surface area contributed by atoms with Gasteiger partial charge in [-0.05, 0) is 57.5 Å². The molecule has 40 heavy (non-hydrogen) atoms. The van der Waals surface area contributed by atoms with Gasteiger partial charge in [-0.15, -0.1) is 0 Å². The number of rotatable bonds is 8. The number of thiazole rings is 1. The zero-order valence-electron chi connectivity index (χ0n) is 23.0. The Hall–Kier alpha value is -3.63. The maximum atomic E-state index is 14.1. The Labute approximate surface area is 244 Å². The minimum atomic E-state index is -0.784. The van der Waals surface area contributed by atoms with Gasteiger partial charge in [0.15, 0.2) is 16.3 Å². The van der Waals surface area contributed by atoms with Crippen LogP contribution in [0.5, 0.6) is 11.5 Å². The van der Waals surface area contributed by atoms with E-state index in [-0.39, 0.29) is 12.2 Å². The van der Waals surface area contributed by atoms with Crippen molar-refractivity contribution in [2.75, 3.05) is 20.3 Å². The third-order valence-electron chi connectivity index (χ3n) is 6.84. The summed E-state index contributed by atoms with van der Waals surface area (Å²) in [5, 5.41) is 1.06. The van der Waals surface area contributed by atoms with Gasteiger partial charge in [0.25, 0.3) is 5.56 Å². The highest BCUT2D eigenvalue weighted by atomic mass is 79.9. The molecule has 1 atom stereocenters. The fourth-order valence-corrected chi connectivity index (χ4v) is 6.64. The summed E-state index contributed by atoms with van der Waals surface area (Å²) < 4.78 is 21.7. The molecular weight excluding hydrogens is 594 g/mol. The van der Waals surface area contributed by atoms with Crippen molar-refractivity contribution in [3.63, 3.8) is 0 Å². The molecular formula is C30H30BrN3O5S. The number of carbonyl (C=O) groups excluding carboxylic acids is 1. The number of nitrogens with zero attached hydrogens (tertiary/aromatic N) is 3. The largest absolute Gasteiger partial charge is 0.493 e. The van der Waals surface area contributed by atoms with E-state index >= 15 is 0 Å². The predicted molar refractivity (Wildman–Crippen MR) is 160 cm³/mol. The Kier molecular flexibility index (Phi) is 8.00. The summed E-state index contributed by atoms with van der Waals surface area (Å²) >= 11 is 4.96. The lowest BCUT2D eigenvalue weighted by Crippen LogP contribution is -2.40. The van der Waals surface area contributed by atoms with Crippen molar-refractivity contribution in [2.24, 2.45) is 4.99 Å². The molecule has 0 aliphatic carbocycles. The maximum absolute atomic E-state index is 14.1. The molecule has 2 aromatic carbocycles. The second-order valence-electron chi connectivity index (χ2n) is 9.15. The molecule has 0 unspecified atom stereocenters. The first-order valence-corrected chi connectivity index (χ1v) is 14.7. The monoisotopic (exact) mass is 623 g/mol. The second kappa shape index (κ2) is 11.5. The topological polar surface area (TPSA) is 84.1 Å². The Bertz CT molecular complexity index is 1830. The molecule has 2 aromatic heterocycles. The van der Waals surface area contributed by atoms with E-state index in [0.717, 1.165) is 23.0 Å². The number of halogens is 1. The molecule has 0 amide bonds. The van der Waals surface area contributed by atoms with Gasteiger partial charge in [0, 0.05) is 33.7 Å². The van der Waals surface area contributed by atoms with Crippen LogP contribution >= 0.6 is 27.3 Å². The fourth-order valence-electron chi connectivity index (χ4n) is 5.07. The first-order chi connectivity index (χ1) is 19.3. The number of allylic oxidation sites excluding steroid dienone is 1. The highest BCUT2D eigenvalue weighted by Gasteiger charge is 2.35. The highest BCUT2D eigenvalue weighted by molar-refractivity contribution is 9.10. The van der Waals surface area contributed by atoms with E-state index in [0.29, 0.717) is 48.7 Å². The van der Waals surface area contributed by atoms with Gasteiger partial charge in [0.05, 0.1) is 42.2 Å². The van der Waals surface area contributed by atoms with Crippen molar-refractivity contribution in [3.8, 4) is 11.5 Å². The summed E-state index contributed by atoms with van der Waals surface area (Å²) in [6, 6.07) is 10.9. The summed E-state index contributed by atoms with van der Waals surface area (Å²) in [7, 11) is 1.56. The summed E-state index contributed by atoms with van der Waals surface area (Å²) in [6.07, 6.45) is 3.97. The number of para-hydroxylation sites is 1. The van der Waals surface area contributed by atoms with Crippen LogP contribution in [0.4, 0.5) is 0 Å². The molecule has 5 rings (SSSR count). The third-order valence-corrected chi connectivity index (χ3v) is 8.51. The number of hydrogen-bond acceptors (Lipinski definition) is 7. The van der Waals surface area contributed by atoms with Crippen LogP contribution in [-0.4, -0.2) is 35.4 Å². The summed E-state index contributed by atoms with van der Waals surface area (Å²) in [5.74, 6) is 0.528. The Morgan fingerprint density at radius 1 is 1.15 bits per heavy atom. The number of ether oxygens (including phenoxy) is 3. The van der Waals surface area contributed by atoms with E-state index in [4.69, 9.17) is 19.2 Å². The van der Waals surface area contributed by atoms with E-state index in [2.05, 4.69) is 45.8 Å². The smallest absolute Gasteiger partial charge is 0.338 e. The molecule has 0 radical (unpaired) electrons. The number of methoxy groups -OCH3 is 1. The normalized spacial score (nSPS) is 15.2. The van der Waals surface area contributed by atoms with Gasteiger partial charge in [0.2, 0.25) is 0 Å². The van der Waals surface area contributed by atoms with Crippen molar-refractivity contribution in [3.05, 3.63) is 89.2 Å². The van der Waals surface area contributed by atoms with Crippen molar-refractivity contribution < 1.29 is 19.0 Å². The van der Waals surface area contributed by atoms with Gasteiger partial charge in [-0.3, -0.25) is 9.36 Å². The Morgan fingerprint density at radius 3 is 2.62 bits per heavy atom. The third kappa shape index (κ3) is 4.79. The van der Waals surface area contributed by atoms with Crippen LogP contribution in [0.15, 0.2) is 68.1 Å². The van der Waals surface area contributed by atoms with Crippen LogP contribution in [0.1, 0.15) is 44.9 Å². The number of aromatic nitrogens is 2. The maximum Gasteiger partial charge on any atom is 0.338 e. The highest BCUT2D eigenvalue weighted by Crippen LogP contribution is 2.41. The summed E-state index contributed by atoms with van der Waals surface area (Å²) in [5.41, 5.74) is 3.27. The molecule has 1 aliphatic rings. The zero-order valence-corrected chi connectivity index (χ0v) is 25.4. The molecule has 10 heteroatoms. The molecule has 0 bridgehead atoms. The van der Waals surface area contributed by atoms with Crippen molar-refractivity contribution in [2.45, 2.75) is 40.3 Å². The number of carbonyl (C=O) groups is 1. The van der Waals surface area contributed by atoms with Crippen LogP contribution in [-0.2, 0) is 16.1 Å². The van der Waals surface area contributed by atoms with E-state index in [1.165, 1.54) is 11.3 Å². The molecule has 0 fully saturated rings. The zero-order chi connectivity index (χ0) is 28.6. The molecule has 4 aromatic rings. The Balaban J connectivity index is 1.77. The van der Waals surface area contributed by atoms with Crippen LogP contribution < -0.4 is 24.4 Å². The predicted octanol–water partition coefficient (Wildman–Crippen LogP) is 4.94. The van der Waals surface area contributed by atoms with Gasteiger partial charge < -0.3 is 18.8 Å². The first-order valence-electron chi connectivity index (χ1n) is 13.1. The first kappa shape index (κ1) is 27.9. The SMILES string of the molecule is CCOC(=O)C1=C(C)N=c2s/c(=C/c3cn(CC)c4ccccc34)c(=O)n2[C@H]1c1cc(OC)c(OCC)cc1Br. The van der Waals surface area contributed by atoms with E-state index < -0.39 is 12.0 Å². The standard InChI is InChI=1S/C30H30BrN3O5S/c1-6-33-16-18(19-11-9-10-12-22(19)33)13-25-28(35)34-27(20-14-23(37-5)24(38-7-2)15-21(20)31)26(29(36)39-8-3)17(4)32-30(34)40-25/h9-16,27H,6-8H2,1-5H3/b25-13+/t27-/m0/s1. The second-order valence-corrected chi connectivity index (χ2v) is 11.0. The molecule has 3 heterocycles. The van der Waals surface area contributed by atoms with Crippen LogP contribution in [0, 0.1) is 0 Å². The number of esters is 1. The van der Waals surface area contributed by atoms with Crippen molar-refractivity contribution in [1.82, 2.24) is 9.13 Å². The lowest BCUT2D eigenvalue weighted by atomic mass is 9.95. The molecule has 1 aliphatic heterocycles. The Morgan fingerprint density at radius 2 is 1.93 bits per heavy atom. The van der Waals surface area contributed by atoms with E-state index in [9.17, 15) is 9.59 Å². The van der Waals surface area contributed by atoms with E-state index in [1.54, 1.807) is 37.7 Å². The van der Waals surface area contributed by atoms with Gasteiger partial charge in [-0.25, -0.2) is 9.79 Å². The quantitative estimate of drug-likeness (QED) is 0.260. The number of hydrogen-bond donors (Lipinski definition) is 0. The van der Waals surface area contributed by atoms with E-state index in [1.807, 2.05) is 25.1 Å². The molecule has 0 spiro atoms. The molecule has 0 saturated carbocycles. The average Bonchev–Trinajstić information content (AvgIpc) is 3.45. The number of benzene rings is 2. The minimum absolute atomic E-state index is 0.196. The molecule has 208 valence electrons. The molecule has 0 saturated heterocycles. The van der Waals surface area contributed by atoms with Gasteiger partial charge in [-0.2, -0.15) is 0 Å².